The highest BCUT2D eigenvalue weighted by molar-refractivity contribution is 5.69. The largest absolute Gasteiger partial charge is 0.506 e. The molecule has 0 amide bonds. The molecule has 1 aromatic carbocycles. The average Bonchev–Trinajstić information content (AvgIpc) is 2.44. The molecule has 116 valence electrons. The monoisotopic (exact) mass is 304 g/mol. The molecule has 1 heterocycles. The zero-order valence-corrected chi connectivity index (χ0v) is 12.2. The first-order chi connectivity index (χ1) is 10.4. The Bertz CT molecular complexity index is 659. The molecule has 1 aromatic heterocycles. The van der Waals surface area contributed by atoms with Crippen molar-refractivity contribution in [3.05, 3.63) is 59.2 Å². The third-order valence-electron chi connectivity index (χ3n) is 3.14. The van der Waals surface area contributed by atoms with Gasteiger partial charge in [0.1, 0.15) is 11.6 Å². The first kappa shape index (κ1) is 15.9. The molecule has 0 fully saturated rings. The Morgan fingerprint density at radius 2 is 1.86 bits per heavy atom. The third-order valence-corrected chi connectivity index (χ3v) is 3.14. The summed E-state index contributed by atoms with van der Waals surface area (Å²) >= 11 is 0. The summed E-state index contributed by atoms with van der Waals surface area (Å²) in [6.45, 7) is 2.11. The molecule has 0 aliphatic heterocycles. The first-order valence-corrected chi connectivity index (χ1v) is 6.78. The molecular weight excluding hydrogens is 287 g/mol. The Morgan fingerprint density at radius 1 is 1.18 bits per heavy atom. The van der Waals surface area contributed by atoms with Crippen molar-refractivity contribution in [2.24, 2.45) is 0 Å². The number of aryl methyl sites for hydroxylation is 1. The molecule has 0 unspecified atom stereocenters. The summed E-state index contributed by atoms with van der Waals surface area (Å²) in [5.74, 6) is -1.29. The van der Waals surface area contributed by atoms with Crippen molar-refractivity contribution in [1.29, 1.82) is 0 Å². The minimum atomic E-state index is -0.978. The van der Waals surface area contributed by atoms with Gasteiger partial charge in [0, 0.05) is 18.8 Å². The van der Waals surface area contributed by atoms with Crippen LogP contribution in [0.1, 0.15) is 17.0 Å². The predicted molar refractivity (Wildman–Crippen MR) is 78.8 cm³/mol. The SMILES string of the molecule is Cc1ccc(O)c(CN(CC(=O)O)Cc2ccc(F)cc2)n1. The van der Waals surface area contributed by atoms with E-state index in [-0.39, 0.29) is 24.7 Å². The van der Waals surface area contributed by atoms with E-state index in [4.69, 9.17) is 5.11 Å². The summed E-state index contributed by atoms with van der Waals surface area (Å²) in [5, 5.41) is 18.9. The molecule has 6 heteroatoms. The molecule has 0 saturated heterocycles. The highest BCUT2D eigenvalue weighted by Gasteiger charge is 2.14. The van der Waals surface area contributed by atoms with Crippen LogP contribution in [-0.2, 0) is 17.9 Å². The molecule has 0 aliphatic carbocycles. The molecule has 22 heavy (non-hydrogen) atoms. The fraction of sp³-hybridized carbons (Fsp3) is 0.250. The Hall–Kier alpha value is -2.47. The van der Waals surface area contributed by atoms with Crippen LogP contribution in [0.5, 0.6) is 5.75 Å². The Morgan fingerprint density at radius 3 is 2.50 bits per heavy atom. The minimum Gasteiger partial charge on any atom is -0.506 e. The molecule has 0 bridgehead atoms. The van der Waals surface area contributed by atoms with Crippen molar-refractivity contribution >= 4 is 5.97 Å². The molecule has 0 spiro atoms. The van der Waals surface area contributed by atoms with Crippen LogP contribution in [0.4, 0.5) is 4.39 Å². The number of aromatic nitrogens is 1. The van der Waals surface area contributed by atoms with E-state index < -0.39 is 5.97 Å². The van der Waals surface area contributed by atoms with Gasteiger partial charge >= 0.3 is 5.97 Å². The third kappa shape index (κ3) is 4.53. The number of hydrogen-bond donors (Lipinski definition) is 2. The number of aromatic hydroxyl groups is 1. The number of carbonyl (C=O) groups is 1. The summed E-state index contributed by atoms with van der Waals surface area (Å²) in [7, 11) is 0. The molecule has 0 aliphatic rings. The second kappa shape index (κ2) is 7.00. The van der Waals surface area contributed by atoms with Gasteiger partial charge in [0.25, 0.3) is 0 Å². The van der Waals surface area contributed by atoms with Crippen LogP contribution in [0.2, 0.25) is 0 Å². The molecule has 5 nitrogen and oxygen atoms in total. The average molecular weight is 304 g/mol. The number of hydrogen-bond acceptors (Lipinski definition) is 4. The van der Waals surface area contributed by atoms with Gasteiger partial charge in [0.2, 0.25) is 0 Å². The van der Waals surface area contributed by atoms with E-state index in [1.807, 2.05) is 0 Å². The molecule has 2 aromatic rings. The summed E-state index contributed by atoms with van der Waals surface area (Å²) in [6.07, 6.45) is 0. The van der Waals surface area contributed by atoms with Crippen molar-refractivity contribution < 1.29 is 19.4 Å². The Kier molecular flexibility index (Phi) is 5.06. The molecule has 2 rings (SSSR count). The highest BCUT2D eigenvalue weighted by Crippen LogP contribution is 2.18. The zero-order chi connectivity index (χ0) is 16.1. The van der Waals surface area contributed by atoms with Crippen molar-refractivity contribution in [2.75, 3.05) is 6.54 Å². The number of carboxylic acid groups (broad SMARTS) is 1. The smallest absolute Gasteiger partial charge is 0.317 e. The van der Waals surface area contributed by atoms with Crippen LogP contribution in [0.3, 0.4) is 0 Å². The van der Waals surface area contributed by atoms with Gasteiger partial charge in [-0.1, -0.05) is 12.1 Å². The number of pyridine rings is 1. The van der Waals surface area contributed by atoms with Gasteiger partial charge in [-0.05, 0) is 36.8 Å². The van der Waals surface area contributed by atoms with E-state index in [2.05, 4.69) is 4.98 Å². The fourth-order valence-corrected chi connectivity index (χ4v) is 2.14. The van der Waals surface area contributed by atoms with Crippen molar-refractivity contribution in [3.8, 4) is 5.75 Å². The predicted octanol–water partition coefficient (Wildman–Crippen LogP) is 2.32. The van der Waals surface area contributed by atoms with E-state index in [1.54, 1.807) is 30.0 Å². The van der Waals surface area contributed by atoms with E-state index in [9.17, 15) is 14.3 Å². The maximum Gasteiger partial charge on any atom is 0.317 e. The highest BCUT2D eigenvalue weighted by atomic mass is 19.1. The standard InChI is InChI=1S/C16H17FN2O3/c1-11-2-7-15(20)14(18-11)9-19(10-16(21)22)8-12-3-5-13(17)6-4-12/h2-7,20H,8-10H2,1H3,(H,21,22). The van der Waals surface area contributed by atoms with Gasteiger partial charge in [-0.25, -0.2) is 4.39 Å². The van der Waals surface area contributed by atoms with Gasteiger partial charge in [0.05, 0.1) is 12.2 Å². The molecule has 0 radical (unpaired) electrons. The fourth-order valence-electron chi connectivity index (χ4n) is 2.14. The number of halogens is 1. The molecule has 0 atom stereocenters. The van der Waals surface area contributed by atoms with E-state index >= 15 is 0 Å². The lowest BCUT2D eigenvalue weighted by Gasteiger charge is -2.20. The first-order valence-electron chi connectivity index (χ1n) is 6.78. The van der Waals surface area contributed by atoms with Crippen LogP contribution in [-0.4, -0.2) is 32.6 Å². The van der Waals surface area contributed by atoms with Gasteiger partial charge in [-0.2, -0.15) is 0 Å². The lowest BCUT2D eigenvalue weighted by molar-refractivity contribution is -0.138. The number of aliphatic carboxylic acids is 1. The van der Waals surface area contributed by atoms with E-state index in [0.29, 0.717) is 12.2 Å². The van der Waals surface area contributed by atoms with E-state index in [0.717, 1.165) is 11.3 Å². The minimum absolute atomic E-state index is 0.0279. The molecular formula is C16H17FN2O3. The number of nitrogens with zero attached hydrogens (tertiary/aromatic N) is 2. The van der Waals surface area contributed by atoms with Crippen molar-refractivity contribution in [2.45, 2.75) is 20.0 Å². The summed E-state index contributed by atoms with van der Waals surface area (Å²) in [6, 6.07) is 9.09. The maximum absolute atomic E-state index is 12.9. The van der Waals surface area contributed by atoms with Crippen molar-refractivity contribution in [1.82, 2.24) is 9.88 Å². The lowest BCUT2D eigenvalue weighted by atomic mass is 10.2. The molecule has 2 N–H and O–H groups in total. The van der Waals surface area contributed by atoms with Crippen LogP contribution < -0.4 is 0 Å². The van der Waals surface area contributed by atoms with Crippen LogP contribution in [0.25, 0.3) is 0 Å². The normalized spacial score (nSPS) is 10.9. The molecule has 0 saturated carbocycles. The summed E-state index contributed by atoms with van der Waals surface area (Å²) < 4.78 is 12.9. The van der Waals surface area contributed by atoms with Gasteiger partial charge < -0.3 is 10.2 Å². The second-order valence-corrected chi connectivity index (χ2v) is 5.08. The van der Waals surface area contributed by atoms with E-state index in [1.165, 1.54) is 18.2 Å². The number of carboxylic acids is 1. The Labute approximate surface area is 127 Å². The van der Waals surface area contributed by atoms with Gasteiger partial charge in [-0.15, -0.1) is 0 Å². The summed E-state index contributed by atoms with van der Waals surface area (Å²) in [5.41, 5.74) is 1.95. The van der Waals surface area contributed by atoms with Gasteiger partial charge in [-0.3, -0.25) is 14.7 Å². The number of rotatable bonds is 6. The zero-order valence-electron chi connectivity index (χ0n) is 12.2. The van der Waals surface area contributed by atoms with Crippen LogP contribution in [0.15, 0.2) is 36.4 Å². The van der Waals surface area contributed by atoms with Crippen LogP contribution in [0, 0.1) is 12.7 Å². The Balaban J connectivity index is 2.16. The quantitative estimate of drug-likeness (QED) is 0.857. The topological polar surface area (TPSA) is 73.7 Å². The summed E-state index contributed by atoms with van der Waals surface area (Å²) in [4.78, 5) is 16.9. The van der Waals surface area contributed by atoms with Crippen LogP contribution >= 0.6 is 0 Å². The maximum atomic E-state index is 12.9. The second-order valence-electron chi connectivity index (χ2n) is 5.08. The van der Waals surface area contributed by atoms with Crippen molar-refractivity contribution in [3.63, 3.8) is 0 Å². The van der Waals surface area contributed by atoms with Gasteiger partial charge in [0.15, 0.2) is 0 Å². The lowest BCUT2D eigenvalue weighted by Crippen LogP contribution is -2.29. The number of benzene rings is 1.